The summed E-state index contributed by atoms with van der Waals surface area (Å²) in [6.45, 7) is 28.0. The maximum absolute atomic E-state index is 15.3. The summed E-state index contributed by atoms with van der Waals surface area (Å²) in [6, 6.07) is -15.0. The Morgan fingerprint density at radius 3 is 1.46 bits per heavy atom. The second-order valence-electron chi connectivity index (χ2n) is 28.1. The standard InChI is InChI=1S/C67H119N11O15/c1-25-27-29-43(13)55(80)54-59(84)70-46(26-2)61(86)76(22)51(37-93-33-28-32-79)64(89)75(21)50(36-67(16,17)92)58(83)71-52(41(9)10)65(90)72(18)47(31-30-38(3)4)57(82)68-44(14)56(81)69-45(15)60(85)73(19)48(34-39(5)6)62(87)74(20)49(35-40(7)8)63(88)77(23)53(42(11)12)66(91)78(54)24/h25,27,32,38-55,80,92H,26,28-31,33-37H2,1-24H3,(H,68,82)(H,69,81)(H,70,84)(H,71,83)/b27-25+/t43-,44-,45+,46+,47-,48+,49+,50+,51-,52-,53+,54+,55-/m1/s1. The molecule has 1 aliphatic rings. The lowest BCUT2D eigenvalue weighted by atomic mass is 9.91. The molecule has 0 bridgehead atoms. The number of amides is 11. The minimum absolute atomic E-state index is 0.0488. The van der Waals surface area contributed by atoms with Crippen molar-refractivity contribution in [1.82, 2.24) is 55.6 Å². The molecule has 532 valence electrons. The van der Waals surface area contributed by atoms with Crippen LogP contribution in [-0.4, -0.2) is 256 Å². The molecule has 0 radical (unpaired) electrons. The highest BCUT2D eigenvalue weighted by molar-refractivity contribution is 6.00. The summed E-state index contributed by atoms with van der Waals surface area (Å²) in [6.07, 6.45) is 3.02. The minimum atomic E-state index is -1.70. The zero-order valence-electron chi connectivity index (χ0n) is 60.5. The fourth-order valence-corrected chi connectivity index (χ4v) is 11.4. The maximum Gasteiger partial charge on any atom is 0.248 e. The van der Waals surface area contributed by atoms with E-state index in [4.69, 9.17) is 4.74 Å². The van der Waals surface area contributed by atoms with Gasteiger partial charge in [0.05, 0.1) is 24.9 Å². The SMILES string of the molecule is C/C=C/C[C@@H](C)[C@@H](O)[C@H]1C(=O)N[C@@H](CC)C(=O)N(C)[C@H](COCCC=O)C(=O)N(C)[C@@H](CC(C)(C)O)C(=O)N[C@H](C(C)C)C(=O)N(C)[C@H](CCC(C)C)C(=O)N[C@H](C)C(=O)N[C@@H](C)C(=O)N(C)[C@@H](CC(C)C)C(=O)N(C)[C@@H](CC(C)C)C(=O)N(C)[C@@H](C(C)C)C(=O)N1C. The Hall–Kier alpha value is -6.54. The van der Waals surface area contributed by atoms with Crippen LogP contribution in [0.15, 0.2) is 12.2 Å². The Kier molecular flexibility index (Phi) is 35.2. The highest BCUT2D eigenvalue weighted by Gasteiger charge is 2.47. The Bertz CT molecular complexity index is 2550. The van der Waals surface area contributed by atoms with Gasteiger partial charge in [0.1, 0.15) is 72.7 Å². The van der Waals surface area contributed by atoms with Crippen molar-refractivity contribution in [1.29, 1.82) is 0 Å². The Labute approximate surface area is 554 Å². The van der Waals surface area contributed by atoms with Gasteiger partial charge < -0.3 is 75.3 Å². The third-order valence-corrected chi connectivity index (χ3v) is 17.4. The van der Waals surface area contributed by atoms with E-state index >= 15 is 24.0 Å². The molecule has 0 spiro atoms. The normalized spacial score (nSPS) is 26.5. The number of rotatable bonds is 21. The zero-order valence-corrected chi connectivity index (χ0v) is 60.5. The molecule has 0 saturated carbocycles. The van der Waals surface area contributed by atoms with Gasteiger partial charge in [-0.05, 0) is 109 Å². The summed E-state index contributed by atoms with van der Waals surface area (Å²) >= 11 is 0. The van der Waals surface area contributed by atoms with Gasteiger partial charge in [-0.15, -0.1) is 0 Å². The van der Waals surface area contributed by atoms with E-state index in [1.807, 2.05) is 41.5 Å². The van der Waals surface area contributed by atoms with Crippen LogP contribution >= 0.6 is 0 Å². The summed E-state index contributed by atoms with van der Waals surface area (Å²) in [4.78, 5) is 183. The molecule has 13 atom stereocenters. The van der Waals surface area contributed by atoms with Crippen LogP contribution in [0.3, 0.4) is 0 Å². The van der Waals surface area contributed by atoms with Gasteiger partial charge in [0.2, 0.25) is 65.0 Å². The van der Waals surface area contributed by atoms with Crippen LogP contribution in [0.1, 0.15) is 169 Å². The molecule has 1 fully saturated rings. The number of carbonyl (C=O) groups excluding carboxylic acids is 12. The Balaban J connectivity index is 4.56. The fraction of sp³-hybridized carbons (Fsp3) is 0.791. The topological polar surface area (TPSA) is 325 Å². The number of likely N-dealkylation sites (N-methyl/N-ethyl adjacent to an activating group) is 7. The van der Waals surface area contributed by atoms with Crippen molar-refractivity contribution >= 4 is 71.3 Å². The monoisotopic (exact) mass is 1320 g/mol. The largest absolute Gasteiger partial charge is 0.390 e. The van der Waals surface area contributed by atoms with E-state index in [1.165, 1.54) is 96.6 Å². The van der Waals surface area contributed by atoms with E-state index in [9.17, 15) is 43.8 Å². The number of allylic oxidation sites excluding steroid dienone is 2. The van der Waals surface area contributed by atoms with Gasteiger partial charge >= 0.3 is 0 Å². The number of carbonyl (C=O) groups is 12. The van der Waals surface area contributed by atoms with Gasteiger partial charge in [0.25, 0.3) is 0 Å². The first kappa shape index (κ1) is 84.5. The van der Waals surface area contributed by atoms with Crippen molar-refractivity contribution in [2.24, 2.45) is 35.5 Å². The smallest absolute Gasteiger partial charge is 0.248 e. The van der Waals surface area contributed by atoms with Crippen LogP contribution in [-0.2, 0) is 62.3 Å². The van der Waals surface area contributed by atoms with Gasteiger partial charge in [-0.3, -0.25) is 52.7 Å². The van der Waals surface area contributed by atoms with E-state index < -0.39 is 174 Å². The van der Waals surface area contributed by atoms with Crippen molar-refractivity contribution in [2.75, 3.05) is 62.5 Å². The molecule has 0 aromatic carbocycles. The van der Waals surface area contributed by atoms with E-state index in [0.717, 1.165) is 14.7 Å². The minimum Gasteiger partial charge on any atom is -0.390 e. The number of ether oxygens (including phenoxy) is 1. The average molecular weight is 1320 g/mol. The van der Waals surface area contributed by atoms with E-state index in [0.29, 0.717) is 12.7 Å². The predicted molar refractivity (Wildman–Crippen MR) is 355 cm³/mol. The Morgan fingerprint density at radius 1 is 0.527 bits per heavy atom. The summed E-state index contributed by atoms with van der Waals surface area (Å²) in [5, 5.41) is 34.4. The molecular weight excluding hydrogens is 1200 g/mol. The van der Waals surface area contributed by atoms with Crippen molar-refractivity contribution in [3.8, 4) is 0 Å². The quantitative estimate of drug-likeness (QED) is 0.0547. The second-order valence-corrected chi connectivity index (χ2v) is 28.1. The molecular formula is C67H119N11O15. The molecule has 11 amide bonds. The van der Waals surface area contributed by atoms with Crippen molar-refractivity contribution in [3.63, 3.8) is 0 Å². The zero-order chi connectivity index (χ0) is 72.0. The molecule has 0 aromatic heterocycles. The molecule has 1 saturated heterocycles. The van der Waals surface area contributed by atoms with Gasteiger partial charge in [-0.1, -0.05) is 95.2 Å². The highest BCUT2D eigenvalue weighted by Crippen LogP contribution is 2.26. The third-order valence-electron chi connectivity index (χ3n) is 17.4. The van der Waals surface area contributed by atoms with E-state index in [1.54, 1.807) is 60.6 Å². The summed E-state index contributed by atoms with van der Waals surface area (Å²) < 4.78 is 5.79. The van der Waals surface area contributed by atoms with Gasteiger partial charge in [-0.25, -0.2) is 0 Å². The molecule has 0 aromatic rings. The molecule has 1 rings (SSSR count). The number of hydrogen-bond donors (Lipinski definition) is 6. The maximum atomic E-state index is 15.3. The Morgan fingerprint density at radius 2 is 0.989 bits per heavy atom. The lowest BCUT2D eigenvalue weighted by Crippen LogP contribution is -2.64. The predicted octanol–water partition coefficient (Wildman–Crippen LogP) is 2.75. The molecule has 6 N–H and O–H groups in total. The van der Waals surface area contributed by atoms with Crippen molar-refractivity contribution < 1.29 is 72.5 Å². The van der Waals surface area contributed by atoms with E-state index in [2.05, 4.69) is 21.3 Å². The number of nitrogens with one attached hydrogen (secondary N) is 4. The number of nitrogens with zero attached hydrogens (tertiary/aromatic N) is 7. The molecule has 0 unspecified atom stereocenters. The van der Waals surface area contributed by atoms with Crippen molar-refractivity contribution in [3.05, 3.63) is 12.2 Å². The van der Waals surface area contributed by atoms with Crippen LogP contribution < -0.4 is 21.3 Å². The highest BCUT2D eigenvalue weighted by atomic mass is 16.5. The third kappa shape index (κ3) is 24.6. The van der Waals surface area contributed by atoms with Crippen molar-refractivity contribution in [2.45, 2.75) is 247 Å². The van der Waals surface area contributed by atoms with Crippen LogP contribution in [0.25, 0.3) is 0 Å². The van der Waals surface area contributed by atoms with Gasteiger partial charge in [0.15, 0.2) is 0 Å². The lowest BCUT2D eigenvalue weighted by molar-refractivity contribution is -0.157. The van der Waals surface area contributed by atoms with Crippen LogP contribution in [0, 0.1) is 35.5 Å². The first-order valence-corrected chi connectivity index (χ1v) is 33.1. The number of hydrogen-bond acceptors (Lipinski definition) is 15. The second kappa shape index (κ2) is 38.7. The lowest BCUT2D eigenvalue weighted by Gasteiger charge is -2.41. The summed E-state index contributed by atoms with van der Waals surface area (Å²) in [7, 11) is 9.53. The first-order chi connectivity index (χ1) is 43.0. The van der Waals surface area contributed by atoms with E-state index in [-0.39, 0.29) is 62.9 Å². The summed E-state index contributed by atoms with van der Waals surface area (Å²) in [5.74, 6) is -10.8. The number of aliphatic hydroxyl groups excluding tert-OH is 1. The average Bonchev–Trinajstić information content (AvgIpc) is 0.819. The summed E-state index contributed by atoms with van der Waals surface area (Å²) in [5.41, 5.74) is -1.64. The molecule has 1 heterocycles. The van der Waals surface area contributed by atoms with Crippen LogP contribution in [0.4, 0.5) is 0 Å². The van der Waals surface area contributed by atoms with Gasteiger partial charge in [-0.2, -0.15) is 0 Å². The van der Waals surface area contributed by atoms with Crippen LogP contribution in [0.2, 0.25) is 0 Å². The molecule has 26 heteroatoms. The van der Waals surface area contributed by atoms with Crippen LogP contribution in [0.5, 0.6) is 0 Å². The molecule has 93 heavy (non-hydrogen) atoms. The molecule has 26 nitrogen and oxygen atoms in total. The number of aliphatic hydroxyl groups is 2. The molecule has 1 aliphatic heterocycles. The molecule has 0 aliphatic carbocycles. The number of aldehydes is 1. The fourth-order valence-electron chi connectivity index (χ4n) is 11.4. The van der Waals surface area contributed by atoms with Gasteiger partial charge in [0, 0.05) is 62.2 Å². The first-order valence-electron chi connectivity index (χ1n) is 33.1.